The van der Waals surface area contributed by atoms with Crippen molar-refractivity contribution in [1.29, 1.82) is 0 Å². The molecule has 0 bridgehead atoms. The molecule has 2 saturated heterocycles. The lowest BCUT2D eigenvalue weighted by Crippen LogP contribution is -2.36. The SMILES string of the molecule is COc1cc(/C=C/C(=O)CC(=O)/C=C/c2ccc(OC(=O)CCCCC3SCC4NC(=O)NC43)c(OC)c2)ccc1O. The predicted octanol–water partition coefficient (Wildman–Crippen LogP) is 4.30. The third-order valence-electron chi connectivity index (χ3n) is 6.94. The number of rotatable bonds is 14. The van der Waals surface area contributed by atoms with E-state index in [9.17, 15) is 24.3 Å². The second kappa shape index (κ2) is 14.6. The summed E-state index contributed by atoms with van der Waals surface area (Å²) in [5.41, 5.74) is 1.29. The zero-order chi connectivity index (χ0) is 30.1. The second-order valence-corrected chi connectivity index (χ2v) is 11.2. The van der Waals surface area contributed by atoms with Crippen LogP contribution in [0.2, 0.25) is 0 Å². The molecule has 0 saturated carbocycles. The minimum Gasteiger partial charge on any atom is -0.504 e. The number of urea groups is 1. The minimum atomic E-state index is -0.375. The number of aromatic hydroxyl groups is 1. The van der Waals surface area contributed by atoms with E-state index >= 15 is 0 Å². The predicted molar refractivity (Wildman–Crippen MR) is 160 cm³/mol. The number of unbranched alkanes of at least 4 members (excludes halogenated alkanes) is 1. The molecule has 0 spiro atoms. The summed E-state index contributed by atoms with van der Waals surface area (Å²) in [5, 5.41) is 15.9. The first kappa shape index (κ1) is 30.7. The number of amides is 2. The van der Waals surface area contributed by atoms with E-state index in [4.69, 9.17) is 14.2 Å². The van der Waals surface area contributed by atoms with Gasteiger partial charge in [-0.3, -0.25) is 14.4 Å². The van der Waals surface area contributed by atoms with Gasteiger partial charge in [0.25, 0.3) is 0 Å². The number of phenols is 1. The molecule has 0 aliphatic carbocycles. The molecular formula is C31H34N2O8S. The summed E-state index contributed by atoms with van der Waals surface area (Å²) in [6.07, 6.45) is 8.13. The summed E-state index contributed by atoms with van der Waals surface area (Å²) in [6, 6.07) is 9.83. The Morgan fingerprint density at radius 3 is 2.29 bits per heavy atom. The maximum atomic E-state index is 12.4. The first-order chi connectivity index (χ1) is 20.2. The monoisotopic (exact) mass is 594 g/mol. The lowest BCUT2D eigenvalue weighted by molar-refractivity contribution is -0.134. The Labute approximate surface area is 248 Å². The van der Waals surface area contributed by atoms with Crippen molar-refractivity contribution in [1.82, 2.24) is 10.6 Å². The summed E-state index contributed by atoms with van der Waals surface area (Å²) >= 11 is 1.85. The molecule has 2 heterocycles. The van der Waals surface area contributed by atoms with Crippen LogP contribution in [-0.2, 0) is 14.4 Å². The van der Waals surface area contributed by atoms with E-state index in [1.54, 1.807) is 42.5 Å². The van der Waals surface area contributed by atoms with Crippen LogP contribution in [0.5, 0.6) is 23.0 Å². The molecule has 3 unspecified atom stereocenters. The van der Waals surface area contributed by atoms with E-state index in [1.807, 2.05) is 11.8 Å². The molecule has 10 nitrogen and oxygen atoms in total. The van der Waals surface area contributed by atoms with E-state index in [0.717, 1.165) is 18.6 Å². The van der Waals surface area contributed by atoms with Gasteiger partial charge in [0.1, 0.15) is 0 Å². The standard InChI is InChI=1S/C31H34N2O8S/c1-39-26-15-19(9-13-24(26)36)7-11-21(34)17-22(35)12-8-20-10-14-25(27(16-20)40-2)41-29(37)6-4-3-5-28-30-23(18-42-28)32-31(38)33-30/h7-16,23,28,30,36H,3-6,17-18H2,1-2H3,(H2,32,33,38)/b11-7+,12-8+. The Kier molecular flexibility index (Phi) is 10.7. The third-order valence-corrected chi connectivity index (χ3v) is 8.45. The maximum Gasteiger partial charge on any atom is 0.315 e. The number of thioether (sulfide) groups is 1. The van der Waals surface area contributed by atoms with Gasteiger partial charge in [-0.15, -0.1) is 0 Å². The number of hydrogen-bond acceptors (Lipinski definition) is 9. The fraction of sp³-hybridized carbons (Fsp3) is 0.355. The van der Waals surface area contributed by atoms with Crippen molar-refractivity contribution >= 4 is 47.5 Å². The summed E-state index contributed by atoms with van der Waals surface area (Å²) < 4.78 is 15.9. The Balaban J connectivity index is 1.21. The molecular weight excluding hydrogens is 560 g/mol. The first-order valence-corrected chi connectivity index (χ1v) is 14.7. The zero-order valence-electron chi connectivity index (χ0n) is 23.5. The van der Waals surface area contributed by atoms with Crippen LogP contribution in [-0.4, -0.2) is 66.0 Å². The number of carbonyl (C=O) groups is 4. The van der Waals surface area contributed by atoms with Crippen molar-refractivity contribution in [3.63, 3.8) is 0 Å². The molecule has 2 fully saturated rings. The van der Waals surface area contributed by atoms with E-state index in [1.165, 1.54) is 32.4 Å². The summed E-state index contributed by atoms with van der Waals surface area (Å²) in [4.78, 5) is 48.5. The van der Waals surface area contributed by atoms with Crippen LogP contribution < -0.4 is 24.8 Å². The normalized spacial score (nSPS) is 19.4. The van der Waals surface area contributed by atoms with E-state index < -0.39 is 0 Å². The lowest BCUT2D eigenvalue weighted by Gasteiger charge is -2.16. The largest absolute Gasteiger partial charge is 0.504 e. The summed E-state index contributed by atoms with van der Waals surface area (Å²) in [7, 11) is 2.89. The van der Waals surface area contributed by atoms with Gasteiger partial charge in [-0.1, -0.05) is 30.7 Å². The topological polar surface area (TPSA) is 140 Å². The Morgan fingerprint density at radius 2 is 1.60 bits per heavy atom. The van der Waals surface area contributed by atoms with Gasteiger partial charge in [-0.05, 0) is 60.4 Å². The fourth-order valence-corrected chi connectivity index (χ4v) is 6.31. The number of fused-ring (bicyclic) bond motifs is 1. The number of benzene rings is 2. The quantitative estimate of drug-likeness (QED) is 0.0729. The van der Waals surface area contributed by atoms with Gasteiger partial charge in [0.15, 0.2) is 34.6 Å². The molecule has 2 aromatic carbocycles. The van der Waals surface area contributed by atoms with Crippen LogP contribution in [0.3, 0.4) is 0 Å². The summed E-state index contributed by atoms with van der Waals surface area (Å²) in [5.74, 6) is 0.704. The average molecular weight is 595 g/mol. The Morgan fingerprint density at radius 1 is 0.929 bits per heavy atom. The molecule has 11 heteroatoms. The smallest absolute Gasteiger partial charge is 0.315 e. The molecule has 2 aliphatic heterocycles. The number of phenolic OH excluding ortho intramolecular Hbond substituents is 1. The average Bonchev–Trinajstić information content (AvgIpc) is 3.53. The van der Waals surface area contributed by atoms with Crippen molar-refractivity contribution in [2.45, 2.75) is 49.4 Å². The van der Waals surface area contributed by atoms with Crippen LogP contribution in [0, 0.1) is 0 Å². The van der Waals surface area contributed by atoms with E-state index in [2.05, 4.69) is 10.6 Å². The molecule has 0 radical (unpaired) electrons. The van der Waals surface area contributed by atoms with Crippen molar-refractivity contribution in [3.8, 4) is 23.0 Å². The van der Waals surface area contributed by atoms with Gasteiger partial charge in [0.05, 0.1) is 32.7 Å². The number of nitrogens with one attached hydrogen (secondary N) is 2. The van der Waals surface area contributed by atoms with Crippen LogP contribution >= 0.6 is 11.8 Å². The van der Waals surface area contributed by atoms with Crippen molar-refractivity contribution < 1.29 is 38.5 Å². The number of methoxy groups -OCH3 is 2. The highest BCUT2D eigenvalue weighted by atomic mass is 32.2. The molecule has 4 rings (SSSR count). The highest BCUT2D eigenvalue weighted by Crippen LogP contribution is 2.33. The number of ketones is 2. The minimum absolute atomic E-state index is 0.00710. The van der Waals surface area contributed by atoms with Gasteiger partial charge >= 0.3 is 12.0 Å². The van der Waals surface area contributed by atoms with Gasteiger partial charge in [0.2, 0.25) is 0 Å². The van der Waals surface area contributed by atoms with Gasteiger partial charge < -0.3 is 30.0 Å². The molecule has 2 amide bonds. The highest BCUT2D eigenvalue weighted by molar-refractivity contribution is 8.00. The number of allylic oxidation sites excluding steroid dienone is 2. The van der Waals surface area contributed by atoms with Crippen molar-refractivity contribution in [2.24, 2.45) is 0 Å². The van der Waals surface area contributed by atoms with Crippen molar-refractivity contribution in [3.05, 3.63) is 59.7 Å². The van der Waals surface area contributed by atoms with Crippen LogP contribution in [0.15, 0.2) is 48.6 Å². The number of hydrogen-bond donors (Lipinski definition) is 3. The molecule has 3 N–H and O–H groups in total. The molecule has 2 aliphatic rings. The van der Waals surface area contributed by atoms with E-state index in [0.29, 0.717) is 28.5 Å². The van der Waals surface area contributed by atoms with Gasteiger partial charge in [0, 0.05) is 17.4 Å². The molecule has 2 aromatic rings. The molecule has 0 aromatic heterocycles. The van der Waals surface area contributed by atoms with E-state index in [-0.39, 0.29) is 65.7 Å². The number of esters is 1. The van der Waals surface area contributed by atoms with Crippen LogP contribution in [0.4, 0.5) is 4.79 Å². The maximum absolute atomic E-state index is 12.4. The van der Waals surface area contributed by atoms with Crippen molar-refractivity contribution in [2.75, 3.05) is 20.0 Å². The van der Waals surface area contributed by atoms with Crippen LogP contribution in [0.25, 0.3) is 12.2 Å². The number of ether oxygens (including phenoxy) is 3. The highest BCUT2D eigenvalue weighted by Gasteiger charge is 2.42. The first-order valence-electron chi connectivity index (χ1n) is 13.6. The zero-order valence-corrected chi connectivity index (χ0v) is 24.3. The Hall–Kier alpha value is -4.25. The van der Waals surface area contributed by atoms with Crippen LogP contribution in [0.1, 0.15) is 43.2 Å². The lowest BCUT2D eigenvalue weighted by atomic mass is 10.0. The fourth-order valence-electron chi connectivity index (χ4n) is 4.77. The van der Waals surface area contributed by atoms with Gasteiger partial charge in [-0.25, -0.2) is 4.79 Å². The second-order valence-electron chi connectivity index (χ2n) is 9.96. The molecule has 3 atom stereocenters. The summed E-state index contributed by atoms with van der Waals surface area (Å²) in [6.45, 7) is 0. The molecule has 222 valence electrons. The number of carbonyl (C=O) groups excluding carboxylic acids is 4. The third kappa shape index (κ3) is 8.39. The Bertz CT molecular complexity index is 1390. The van der Waals surface area contributed by atoms with Gasteiger partial charge in [-0.2, -0.15) is 11.8 Å². The molecule has 42 heavy (non-hydrogen) atoms.